The van der Waals surface area contributed by atoms with E-state index in [1.54, 1.807) is 7.11 Å². The fourth-order valence-corrected chi connectivity index (χ4v) is 3.26. The molecule has 2 aromatic carbocycles. The summed E-state index contributed by atoms with van der Waals surface area (Å²) in [5.74, 6) is 1.70. The van der Waals surface area contributed by atoms with Crippen molar-refractivity contribution >= 4 is 16.9 Å². The van der Waals surface area contributed by atoms with Crippen LogP contribution in [0, 0.1) is 6.92 Å². The van der Waals surface area contributed by atoms with E-state index < -0.39 is 0 Å². The van der Waals surface area contributed by atoms with E-state index >= 15 is 0 Å². The fraction of sp³-hybridized carbons (Fsp3) is 0.300. The van der Waals surface area contributed by atoms with Gasteiger partial charge in [-0.15, -0.1) is 0 Å². The van der Waals surface area contributed by atoms with Crippen LogP contribution in [0.3, 0.4) is 0 Å². The van der Waals surface area contributed by atoms with Gasteiger partial charge in [0.2, 0.25) is 5.95 Å². The lowest BCUT2D eigenvalue weighted by atomic mass is 10.0. The van der Waals surface area contributed by atoms with Crippen molar-refractivity contribution in [1.82, 2.24) is 9.97 Å². The maximum Gasteiger partial charge on any atom is 0.226 e. The molecular weight excluding hydrogens is 298 g/mol. The molecule has 0 N–H and O–H groups in total. The first kappa shape index (κ1) is 14.9. The lowest BCUT2D eigenvalue weighted by Gasteiger charge is -2.17. The Bertz CT molecular complexity index is 868. The fourth-order valence-electron chi connectivity index (χ4n) is 3.26. The Labute approximate surface area is 142 Å². The largest absolute Gasteiger partial charge is 0.497 e. The molecule has 1 aromatic heterocycles. The van der Waals surface area contributed by atoms with Crippen LogP contribution in [-0.4, -0.2) is 30.2 Å². The van der Waals surface area contributed by atoms with E-state index in [1.807, 2.05) is 12.1 Å². The monoisotopic (exact) mass is 319 g/mol. The van der Waals surface area contributed by atoms with Crippen LogP contribution in [0.15, 0.2) is 42.5 Å². The summed E-state index contributed by atoms with van der Waals surface area (Å²) < 4.78 is 5.28. The Hall–Kier alpha value is -2.62. The number of fused-ring (bicyclic) bond motifs is 1. The molecule has 0 bridgehead atoms. The van der Waals surface area contributed by atoms with E-state index in [0.717, 1.165) is 46.9 Å². The normalized spacial score (nSPS) is 14.3. The third-order valence-corrected chi connectivity index (χ3v) is 4.59. The number of ether oxygens (including phenoxy) is 1. The van der Waals surface area contributed by atoms with Crippen molar-refractivity contribution in [3.05, 3.63) is 48.0 Å². The smallest absolute Gasteiger partial charge is 0.226 e. The minimum atomic E-state index is 0.842. The van der Waals surface area contributed by atoms with E-state index in [0.29, 0.717) is 0 Å². The molecule has 1 aliphatic rings. The van der Waals surface area contributed by atoms with Crippen LogP contribution in [0.4, 0.5) is 5.95 Å². The van der Waals surface area contributed by atoms with Crippen LogP contribution in [0.2, 0.25) is 0 Å². The zero-order chi connectivity index (χ0) is 16.5. The summed E-state index contributed by atoms with van der Waals surface area (Å²) >= 11 is 0. The van der Waals surface area contributed by atoms with Gasteiger partial charge in [-0.1, -0.05) is 11.6 Å². The number of rotatable bonds is 3. The number of aromatic nitrogens is 2. The summed E-state index contributed by atoms with van der Waals surface area (Å²) in [5, 5.41) is 1.10. The second kappa shape index (κ2) is 6.11. The highest BCUT2D eigenvalue weighted by Gasteiger charge is 2.18. The van der Waals surface area contributed by atoms with Crippen LogP contribution in [0.25, 0.3) is 22.2 Å². The molecule has 1 fully saturated rings. The molecular formula is C20H21N3O. The molecule has 0 atom stereocenters. The first-order valence-electron chi connectivity index (χ1n) is 8.42. The van der Waals surface area contributed by atoms with E-state index in [9.17, 15) is 0 Å². The second-order valence-corrected chi connectivity index (χ2v) is 6.32. The number of hydrogen-bond acceptors (Lipinski definition) is 4. The zero-order valence-electron chi connectivity index (χ0n) is 14.1. The number of benzene rings is 2. The van der Waals surface area contributed by atoms with Gasteiger partial charge in [-0.05, 0) is 56.2 Å². The van der Waals surface area contributed by atoms with Gasteiger partial charge in [-0.25, -0.2) is 9.97 Å². The van der Waals surface area contributed by atoms with Crippen molar-refractivity contribution in [3.8, 4) is 17.0 Å². The Morgan fingerprint density at radius 3 is 2.42 bits per heavy atom. The van der Waals surface area contributed by atoms with Gasteiger partial charge in [0.15, 0.2) is 0 Å². The third-order valence-electron chi connectivity index (χ3n) is 4.59. The Balaban J connectivity index is 1.90. The molecule has 3 aromatic rings. The molecule has 0 amide bonds. The lowest BCUT2D eigenvalue weighted by Crippen LogP contribution is -2.20. The van der Waals surface area contributed by atoms with Crippen LogP contribution in [0.1, 0.15) is 18.4 Å². The van der Waals surface area contributed by atoms with Crippen molar-refractivity contribution in [1.29, 1.82) is 0 Å². The Morgan fingerprint density at radius 2 is 1.71 bits per heavy atom. The van der Waals surface area contributed by atoms with Crippen LogP contribution >= 0.6 is 0 Å². The van der Waals surface area contributed by atoms with Gasteiger partial charge in [-0.3, -0.25) is 0 Å². The van der Waals surface area contributed by atoms with E-state index in [1.165, 1.54) is 18.4 Å². The molecule has 0 spiro atoms. The van der Waals surface area contributed by atoms with E-state index in [4.69, 9.17) is 14.7 Å². The number of methoxy groups -OCH3 is 1. The second-order valence-electron chi connectivity index (χ2n) is 6.32. The number of anilines is 1. The Kier molecular flexibility index (Phi) is 3.81. The predicted molar refractivity (Wildman–Crippen MR) is 97.7 cm³/mol. The minimum Gasteiger partial charge on any atom is -0.497 e. The highest BCUT2D eigenvalue weighted by molar-refractivity contribution is 5.93. The maximum absolute atomic E-state index is 5.28. The molecule has 0 aliphatic carbocycles. The summed E-state index contributed by atoms with van der Waals surface area (Å²) in [4.78, 5) is 12.0. The van der Waals surface area contributed by atoms with Gasteiger partial charge in [-0.2, -0.15) is 0 Å². The lowest BCUT2D eigenvalue weighted by molar-refractivity contribution is 0.415. The average Bonchev–Trinajstić information content (AvgIpc) is 3.16. The summed E-state index contributed by atoms with van der Waals surface area (Å²) in [6, 6.07) is 14.5. The van der Waals surface area contributed by atoms with Gasteiger partial charge >= 0.3 is 0 Å². The van der Waals surface area contributed by atoms with Crippen molar-refractivity contribution < 1.29 is 4.74 Å². The van der Waals surface area contributed by atoms with E-state index in [-0.39, 0.29) is 0 Å². The quantitative estimate of drug-likeness (QED) is 0.724. The van der Waals surface area contributed by atoms with Crippen molar-refractivity contribution in [2.75, 3.05) is 25.1 Å². The predicted octanol–water partition coefficient (Wildman–Crippen LogP) is 4.21. The van der Waals surface area contributed by atoms with Gasteiger partial charge in [0.1, 0.15) is 5.75 Å². The van der Waals surface area contributed by atoms with Gasteiger partial charge in [0, 0.05) is 24.0 Å². The van der Waals surface area contributed by atoms with Gasteiger partial charge in [0.05, 0.1) is 18.3 Å². The van der Waals surface area contributed by atoms with E-state index in [2.05, 4.69) is 42.2 Å². The first-order chi connectivity index (χ1) is 11.7. The average molecular weight is 319 g/mol. The summed E-state index contributed by atoms with van der Waals surface area (Å²) in [7, 11) is 1.68. The van der Waals surface area contributed by atoms with Crippen LogP contribution in [-0.2, 0) is 0 Å². The van der Waals surface area contributed by atoms with Crippen molar-refractivity contribution in [2.24, 2.45) is 0 Å². The van der Waals surface area contributed by atoms with Gasteiger partial charge in [0.25, 0.3) is 0 Å². The molecule has 1 aliphatic heterocycles. The highest BCUT2D eigenvalue weighted by atomic mass is 16.5. The summed E-state index contributed by atoms with van der Waals surface area (Å²) in [6.07, 6.45) is 2.43. The molecule has 4 heteroatoms. The molecule has 122 valence electrons. The molecule has 24 heavy (non-hydrogen) atoms. The summed E-state index contributed by atoms with van der Waals surface area (Å²) in [5.41, 5.74) is 4.31. The molecule has 0 saturated carbocycles. The van der Waals surface area contributed by atoms with Crippen molar-refractivity contribution in [3.63, 3.8) is 0 Å². The number of hydrogen-bond donors (Lipinski definition) is 0. The third kappa shape index (κ3) is 2.68. The highest BCUT2D eigenvalue weighted by Crippen LogP contribution is 2.31. The van der Waals surface area contributed by atoms with Crippen LogP contribution in [0.5, 0.6) is 5.75 Å². The molecule has 4 rings (SSSR count). The number of nitrogens with zero attached hydrogens (tertiary/aromatic N) is 3. The van der Waals surface area contributed by atoms with Crippen molar-refractivity contribution in [2.45, 2.75) is 19.8 Å². The SMILES string of the molecule is COc1ccc(-c2nc(N3CCCC3)nc3ccc(C)cc23)cc1. The maximum atomic E-state index is 5.28. The Morgan fingerprint density at radius 1 is 0.958 bits per heavy atom. The summed E-state index contributed by atoms with van der Waals surface area (Å²) in [6.45, 7) is 4.18. The number of aryl methyl sites for hydroxylation is 1. The molecule has 2 heterocycles. The standard InChI is InChI=1S/C20H21N3O/c1-14-5-10-18-17(13-14)19(15-6-8-16(24-2)9-7-15)22-20(21-18)23-11-3-4-12-23/h5-10,13H,3-4,11-12H2,1-2H3. The molecule has 0 unspecified atom stereocenters. The molecule has 1 saturated heterocycles. The topological polar surface area (TPSA) is 38.2 Å². The first-order valence-corrected chi connectivity index (χ1v) is 8.42. The molecule has 0 radical (unpaired) electrons. The zero-order valence-corrected chi connectivity index (χ0v) is 14.1. The molecule has 4 nitrogen and oxygen atoms in total. The van der Waals surface area contributed by atoms with Crippen LogP contribution < -0.4 is 9.64 Å². The van der Waals surface area contributed by atoms with Gasteiger partial charge < -0.3 is 9.64 Å². The minimum absolute atomic E-state index is 0.842.